The Kier molecular flexibility index (Phi) is 7.77. The molecule has 0 saturated carbocycles. The van der Waals surface area contributed by atoms with E-state index >= 15 is 0 Å². The summed E-state index contributed by atoms with van der Waals surface area (Å²) >= 11 is 7.33. The number of carbonyl (C=O) groups excluding carboxylic acids is 2. The number of thioether (sulfide) groups is 1. The van der Waals surface area contributed by atoms with Crippen LogP contribution in [0.5, 0.6) is 0 Å². The Hall–Kier alpha value is -4.07. The highest BCUT2D eigenvalue weighted by Gasteiger charge is 2.16. The number of hydrogen-bond donors (Lipinski definition) is 2. The van der Waals surface area contributed by atoms with Crippen LogP contribution in [0.1, 0.15) is 12.5 Å². The number of benzene rings is 4. The minimum Gasteiger partial charge on any atom is -0.436 e. The van der Waals surface area contributed by atoms with Crippen molar-refractivity contribution in [3.63, 3.8) is 0 Å². The van der Waals surface area contributed by atoms with Crippen LogP contribution in [0.4, 0.5) is 11.4 Å². The first kappa shape index (κ1) is 25.6. The number of nitrogens with zero attached hydrogens (tertiary/aromatic N) is 1. The summed E-state index contributed by atoms with van der Waals surface area (Å²) in [7, 11) is 0. The number of halogens is 1. The number of fused-ring (bicyclic) bond motifs is 1. The molecule has 1 unspecified atom stereocenters. The van der Waals surface area contributed by atoms with Crippen molar-refractivity contribution in [3.8, 4) is 11.5 Å². The Bertz CT molecular complexity index is 1550. The minimum atomic E-state index is -0.355. The highest BCUT2D eigenvalue weighted by Crippen LogP contribution is 2.28. The van der Waals surface area contributed by atoms with Crippen LogP contribution in [0.3, 0.4) is 0 Å². The van der Waals surface area contributed by atoms with Gasteiger partial charge in [0.1, 0.15) is 5.52 Å². The van der Waals surface area contributed by atoms with Gasteiger partial charge < -0.3 is 15.1 Å². The van der Waals surface area contributed by atoms with Crippen LogP contribution in [0.2, 0.25) is 5.02 Å². The fraction of sp³-hybridized carbons (Fsp3) is 0.100. The zero-order valence-corrected chi connectivity index (χ0v) is 22.1. The Balaban J connectivity index is 1.16. The third-order valence-corrected chi connectivity index (χ3v) is 7.12. The number of nitrogens with one attached hydrogen (secondary N) is 2. The first-order valence-electron chi connectivity index (χ1n) is 12.0. The number of oxazole rings is 1. The zero-order chi connectivity index (χ0) is 26.5. The number of anilines is 2. The number of hydrogen-bond acceptors (Lipinski definition) is 5. The predicted molar refractivity (Wildman–Crippen MR) is 154 cm³/mol. The molecular formula is C30H24ClN3O3S. The SMILES string of the molecule is CC(Sc1cccc(NC(=O)Cc2ccc(Cl)cc2)c1)C(=O)Nc1ccc(-c2nc3ccccc3o2)cc1. The zero-order valence-electron chi connectivity index (χ0n) is 20.5. The van der Waals surface area contributed by atoms with Crippen molar-refractivity contribution in [2.24, 2.45) is 0 Å². The van der Waals surface area contributed by atoms with Gasteiger partial charge in [0, 0.05) is 26.9 Å². The van der Waals surface area contributed by atoms with Gasteiger partial charge in [-0.05, 0) is 79.2 Å². The van der Waals surface area contributed by atoms with Crippen molar-refractivity contribution in [2.75, 3.05) is 10.6 Å². The molecule has 5 aromatic rings. The summed E-state index contributed by atoms with van der Waals surface area (Å²) in [6.07, 6.45) is 0.249. The molecule has 0 saturated heterocycles. The fourth-order valence-electron chi connectivity index (χ4n) is 3.83. The number of carbonyl (C=O) groups is 2. The van der Waals surface area contributed by atoms with E-state index < -0.39 is 0 Å². The molecule has 0 spiro atoms. The third kappa shape index (κ3) is 6.43. The Morgan fingerprint density at radius 2 is 1.66 bits per heavy atom. The van der Waals surface area contributed by atoms with Gasteiger partial charge in [0.2, 0.25) is 17.7 Å². The minimum absolute atomic E-state index is 0.123. The van der Waals surface area contributed by atoms with Crippen molar-refractivity contribution >= 4 is 57.7 Å². The van der Waals surface area contributed by atoms with Gasteiger partial charge in [-0.1, -0.05) is 41.9 Å². The molecule has 0 fully saturated rings. The lowest BCUT2D eigenvalue weighted by Crippen LogP contribution is -2.22. The van der Waals surface area contributed by atoms with Crippen molar-refractivity contribution in [1.82, 2.24) is 4.98 Å². The van der Waals surface area contributed by atoms with Crippen LogP contribution in [-0.2, 0) is 16.0 Å². The molecule has 4 aromatic carbocycles. The predicted octanol–water partition coefficient (Wildman–Crippen LogP) is 7.45. The topological polar surface area (TPSA) is 84.2 Å². The summed E-state index contributed by atoms with van der Waals surface area (Å²) in [6, 6.07) is 29.7. The van der Waals surface area contributed by atoms with E-state index in [1.165, 1.54) is 11.8 Å². The quantitative estimate of drug-likeness (QED) is 0.199. The smallest absolute Gasteiger partial charge is 0.237 e. The van der Waals surface area contributed by atoms with Crippen LogP contribution < -0.4 is 10.6 Å². The van der Waals surface area contributed by atoms with Gasteiger partial charge in [-0.15, -0.1) is 11.8 Å². The van der Waals surface area contributed by atoms with Gasteiger partial charge in [0.25, 0.3) is 0 Å². The molecule has 0 aliphatic rings. The van der Waals surface area contributed by atoms with Crippen molar-refractivity contribution < 1.29 is 14.0 Å². The second-order valence-electron chi connectivity index (χ2n) is 8.69. The maximum Gasteiger partial charge on any atom is 0.237 e. The van der Waals surface area contributed by atoms with Crippen molar-refractivity contribution in [1.29, 1.82) is 0 Å². The first-order chi connectivity index (χ1) is 18.4. The van der Waals surface area contributed by atoms with Gasteiger partial charge in [0.15, 0.2) is 5.58 Å². The van der Waals surface area contributed by atoms with E-state index in [2.05, 4.69) is 15.6 Å². The molecule has 6 nitrogen and oxygen atoms in total. The van der Waals surface area contributed by atoms with Crippen LogP contribution in [0.15, 0.2) is 106 Å². The molecule has 1 atom stereocenters. The number of rotatable bonds is 8. The van der Waals surface area contributed by atoms with Gasteiger partial charge in [-0.3, -0.25) is 9.59 Å². The Morgan fingerprint density at radius 1 is 0.895 bits per heavy atom. The molecule has 8 heteroatoms. The second kappa shape index (κ2) is 11.5. The standard InChI is InChI=1S/C30H24ClN3O3S/c1-19(38-25-6-4-5-24(18-25)32-28(35)17-20-9-13-22(31)14-10-20)29(36)33-23-15-11-21(12-16-23)30-34-26-7-2-3-8-27(26)37-30/h2-16,18-19H,17H2,1H3,(H,32,35)(H,33,36). The summed E-state index contributed by atoms with van der Waals surface area (Å²) in [5, 5.41) is 6.15. The van der Waals surface area contributed by atoms with Gasteiger partial charge in [0.05, 0.1) is 11.7 Å². The molecule has 190 valence electrons. The monoisotopic (exact) mass is 541 g/mol. The molecule has 1 aromatic heterocycles. The molecule has 0 radical (unpaired) electrons. The summed E-state index contributed by atoms with van der Waals surface area (Å²) < 4.78 is 5.81. The number of aromatic nitrogens is 1. The lowest BCUT2D eigenvalue weighted by atomic mass is 10.1. The fourth-order valence-corrected chi connectivity index (χ4v) is 4.89. The van der Waals surface area contributed by atoms with E-state index in [0.717, 1.165) is 27.1 Å². The summed E-state index contributed by atoms with van der Waals surface area (Å²) in [5.41, 5.74) is 4.61. The average molecular weight is 542 g/mol. The molecule has 1 heterocycles. The van der Waals surface area contributed by atoms with E-state index in [1.54, 1.807) is 12.1 Å². The molecule has 38 heavy (non-hydrogen) atoms. The van der Waals surface area contributed by atoms with Crippen molar-refractivity contribution in [2.45, 2.75) is 23.5 Å². The largest absolute Gasteiger partial charge is 0.436 e. The lowest BCUT2D eigenvalue weighted by molar-refractivity contribution is -0.116. The highest BCUT2D eigenvalue weighted by molar-refractivity contribution is 8.00. The molecule has 0 aliphatic heterocycles. The van der Waals surface area contributed by atoms with Gasteiger partial charge in [-0.25, -0.2) is 4.98 Å². The first-order valence-corrected chi connectivity index (χ1v) is 13.3. The third-order valence-electron chi connectivity index (χ3n) is 5.77. The average Bonchev–Trinajstić information content (AvgIpc) is 3.35. The normalized spacial score (nSPS) is 11.7. The summed E-state index contributed by atoms with van der Waals surface area (Å²) in [5.74, 6) is 0.288. The maximum atomic E-state index is 12.8. The van der Waals surface area contributed by atoms with Crippen LogP contribution >= 0.6 is 23.4 Å². The van der Waals surface area contributed by atoms with E-state index in [0.29, 0.717) is 22.3 Å². The van der Waals surface area contributed by atoms with E-state index in [-0.39, 0.29) is 23.5 Å². The van der Waals surface area contributed by atoms with Crippen molar-refractivity contribution in [3.05, 3.63) is 108 Å². The molecule has 2 N–H and O–H groups in total. The second-order valence-corrected chi connectivity index (χ2v) is 10.5. The molecule has 2 amide bonds. The molecule has 0 aliphatic carbocycles. The Labute approximate surface area is 229 Å². The van der Waals surface area contributed by atoms with Gasteiger partial charge in [-0.2, -0.15) is 0 Å². The molecular weight excluding hydrogens is 518 g/mol. The maximum absolute atomic E-state index is 12.8. The summed E-state index contributed by atoms with van der Waals surface area (Å²) in [6.45, 7) is 1.85. The summed E-state index contributed by atoms with van der Waals surface area (Å²) in [4.78, 5) is 30.7. The molecule has 5 rings (SSSR count). The van der Waals surface area contributed by atoms with E-state index in [9.17, 15) is 9.59 Å². The van der Waals surface area contributed by atoms with E-state index in [1.807, 2.05) is 91.9 Å². The highest BCUT2D eigenvalue weighted by atomic mass is 35.5. The lowest BCUT2D eigenvalue weighted by Gasteiger charge is -2.13. The van der Waals surface area contributed by atoms with Crippen LogP contribution in [0.25, 0.3) is 22.6 Å². The Morgan fingerprint density at radius 3 is 2.42 bits per heavy atom. The van der Waals surface area contributed by atoms with Crippen LogP contribution in [0, 0.1) is 0 Å². The van der Waals surface area contributed by atoms with Gasteiger partial charge >= 0.3 is 0 Å². The van der Waals surface area contributed by atoms with Crippen LogP contribution in [-0.4, -0.2) is 22.0 Å². The number of para-hydroxylation sites is 2. The molecule has 0 bridgehead atoms. The van der Waals surface area contributed by atoms with E-state index in [4.69, 9.17) is 16.0 Å². The number of amides is 2.